The quantitative estimate of drug-likeness (QED) is 0.870. The van der Waals surface area contributed by atoms with E-state index >= 15 is 0 Å². The van der Waals surface area contributed by atoms with E-state index in [0.29, 0.717) is 12.6 Å². The first-order chi connectivity index (χ1) is 8.08. The minimum atomic E-state index is -0.527. The van der Waals surface area contributed by atoms with E-state index in [9.17, 15) is 9.50 Å². The molecule has 3 heteroatoms. The van der Waals surface area contributed by atoms with Crippen molar-refractivity contribution in [2.75, 3.05) is 13.6 Å². The Labute approximate surface area is 102 Å². The topological polar surface area (TPSA) is 23.5 Å². The molecule has 0 aromatic heterocycles. The van der Waals surface area contributed by atoms with Gasteiger partial charge in [-0.15, -0.1) is 0 Å². The highest BCUT2D eigenvalue weighted by atomic mass is 19.1. The Bertz CT molecular complexity index is 390. The zero-order valence-corrected chi connectivity index (χ0v) is 10.5. The first kappa shape index (κ1) is 12.5. The number of benzene rings is 1. The summed E-state index contributed by atoms with van der Waals surface area (Å²) in [6.07, 6.45) is 3.22. The van der Waals surface area contributed by atoms with Crippen LogP contribution in [0.1, 0.15) is 36.5 Å². The van der Waals surface area contributed by atoms with Crippen molar-refractivity contribution >= 4 is 0 Å². The van der Waals surface area contributed by atoms with Gasteiger partial charge >= 0.3 is 0 Å². The molecule has 2 nitrogen and oxygen atoms in total. The molecule has 1 saturated carbocycles. The Morgan fingerprint density at radius 1 is 1.47 bits per heavy atom. The fraction of sp³-hybridized carbons (Fsp3) is 0.571. The smallest absolute Gasteiger partial charge is 0.123 e. The molecule has 1 aromatic carbocycles. The molecule has 1 atom stereocenters. The normalized spacial score (nSPS) is 18.2. The van der Waals surface area contributed by atoms with Crippen molar-refractivity contribution < 1.29 is 9.50 Å². The maximum absolute atomic E-state index is 13.0. The monoisotopic (exact) mass is 237 g/mol. The highest BCUT2D eigenvalue weighted by Gasteiger charge is 2.24. The average Bonchev–Trinajstić information content (AvgIpc) is 2.13. The van der Waals surface area contributed by atoms with E-state index in [0.717, 1.165) is 11.1 Å². The second kappa shape index (κ2) is 5.15. The molecule has 1 aromatic rings. The highest BCUT2D eigenvalue weighted by molar-refractivity contribution is 5.28. The summed E-state index contributed by atoms with van der Waals surface area (Å²) >= 11 is 0. The summed E-state index contributed by atoms with van der Waals surface area (Å²) in [5.74, 6) is -0.245. The number of hydrogen-bond acceptors (Lipinski definition) is 2. The molecule has 1 N–H and O–H groups in total. The summed E-state index contributed by atoms with van der Waals surface area (Å²) in [5, 5.41) is 10.2. The van der Waals surface area contributed by atoms with E-state index in [-0.39, 0.29) is 5.82 Å². The summed E-state index contributed by atoms with van der Waals surface area (Å²) in [6, 6.07) is 5.19. The number of aliphatic hydroxyl groups is 1. The van der Waals surface area contributed by atoms with Crippen molar-refractivity contribution in [1.29, 1.82) is 0 Å². The molecule has 0 radical (unpaired) electrons. The van der Waals surface area contributed by atoms with E-state index in [2.05, 4.69) is 4.90 Å². The lowest BCUT2D eigenvalue weighted by atomic mass is 9.91. The molecule has 0 saturated heterocycles. The summed E-state index contributed by atoms with van der Waals surface area (Å²) in [5.41, 5.74) is 1.65. The lowest BCUT2D eigenvalue weighted by Gasteiger charge is -2.36. The SMILES string of the molecule is Cc1cc(F)ccc1C(O)CN(C)C1CCC1. The summed E-state index contributed by atoms with van der Waals surface area (Å²) in [4.78, 5) is 2.21. The predicted molar refractivity (Wildman–Crippen MR) is 66.4 cm³/mol. The Hall–Kier alpha value is -0.930. The van der Waals surface area contributed by atoms with E-state index in [1.165, 1.54) is 31.4 Å². The van der Waals surface area contributed by atoms with Crippen LogP contribution >= 0.6 is 0 Å². The summed E-state index contributed by atoms with van der Waals surface area (Å²) < 4.78 is 13.0. The Kier molecular flexibility index (Phi) is 3.79. The van der Waals surface area contributed by atoms with Crippen LogP contribution in [0.2, 0.25) is 0 Å². The van der Waals surface area contributed by atoms with Crippen LogP contribution in [0.4, 0.5) is 4.39 Å². The zero-order chi connectivity index (χ0) is 12.4. The van der Waals surface area contributed by atoms with Gasteiger partial charge < -0.3 is 10.0 Å². The van der Waals surface area contributed by atoms with Gasteiger partial charge in [-0.2, -0.15) is 0 Å². The fourth-order valence-corrected chi connectivity index (χ4v) is 2.36. The average molecular weight is 237 g/mol. The highest BCUT2D eigenvalue weighted by Crippen LogP contribution is 2.26. The van der Waals surface area contributed by atoms with Crippen LogP contribution in [0.25, 0.3) is 0 Å². The van der Waals surface area contributed by atoms with Gasteiger partial charge in [0.1, 0.15) is 5.82 Å². The van der Waals surface area contributed by atoms with Gasteiger partial charge in [-0.25, -0.2) is 4.39 Å². The van der Waals surface area contributed by atoms with Gasteiger partial charge in [0.25, 0.3) is 0 Å². The molecule has 0 amide bonds. The molecular formula is C14H20FNO. The van der Waals surface area contributed by atoms with E-state index in [1.807, 2.05) is 14.0 Å². The zero-order valence-electron chi connectivity index (χ0n) is 10.5. The van der Waals surface area contributed by atoms with Crippen LogP contribution in [-0.4, -0.2) is 29.6 Å². The van der Waals surface area contributed by atoms with Gasteiger partial charge in [0.15, 0.2) is 0 Å². The number of aliphatic hydroxyl groups excluding tert-OH is 1. The van der Waals surface area contributed by atoms with Gasteiger partial charge in [-0.05, 0) is 50.1 Å². The van der Waals surface area contributed by atoms with E-state index < -0.39 is 6.10 Å². The maximum Gasteiger partial charge on any atom is 0.123 e. The number of halogens is 1. The van der Waals surface area contributed by atoms with Crippen LogP contribution in [0, 0.1) is 12.7 Å². The fourth-order valence-electron chi connectivity index (χ4n) is 2.36. The van der Waals surface area contributed by atoms with Crippen LogP contribution in [0.3, 0.4) is 0 Å². The molecule has 1 aliphatic carbocycles. The Morgan fingerprint density at radius 3 is 2.71 bits per heavy atom. The second-order valence-electron chi connectivity index (χ2n) is 5.04. The molecular weight excluding hydrogens is 217 g/mol. The molecule has 0 aliphatic heterocycles. The first-order valence-electron chi connectivity index (χ1n) is 6.22. The van der Waals surface area contributed by atoms with Crippen LogP contribution in [0.5, 0.6) is 0 Å². The standard InChI is InChI=1S/C14H20FNO/c1-10-8-11(15)6-7-13(10)14(17)9-16(2)12-4-3-5-12/h6-8,12,14,17H,3-5,9H2,1-2H3. The third-order valence-corrected chi connectivity index (χ3v) is 3.75. The molecule has 1 unspecified atom stereocenters. The van der Waals surface area contributed by atoms with Gasteiger partial charge in [-0.1, -0.05) is 12.5 Å². The van der Waals surface area contributed by atoms with Crippen molar-refractivity contribution in [3.63, 3.8) is 0 Å². The minimum absolute atomic E-state index is 0.245. The minimum Gasteiger partial charge on any atom is -0.387 e. The predicted octanol–water partition coefficient (Wildman–Crippen LogP) is 2.65. The molecule has 0 bridgehead atoms. The molecule has 0 heterocycles. The van der Waals surface area contributed by atoms with Crippen molar-refractivity contribution in [2.24, 2.45) is 0 Å². The van der Waals surface area contributed by atoms with Gasteiger partial charge in [0.05, 0.1) is 6.10 Å². The lowest BCUT2D eigenvalue weighted by Crippen LogP contribution is -2.39. The van der Waals surface area contributed by atoms with Crippen LogP contribution in [-0.2, 0) is 0 Å². The molecule has 17 heavy (non-hydrogen) atoms. The van der Waals surface area contributed by atoms with Crippen molar-refractivity contribution in [3.8, 4) is 0 Å². The number of nitrogens with zero attached hydrogens (tertiary/aromatic N) is 1. The second-order valence-corrected chi connectivity index (χ2v) is 5.04. The molecule has 94 valence electrons. The summed E-state index contributed by atoms with van der Waals surface area (Å²) in [6.45, 7) is 2.46. The van der Waals surface area contributed by atoms with Gasteiger partial charge in [0, 0.05) is 12.6 Å². The molecule has 2 rings (SSSR count). The van der Waals surface area contributed by atoms with Crippen molar-refractivity contribution in [1.82, 2.24) is 4.90 Å². The number of aryl methyl sites for hydroxylation is 1. The van der Waals surface area contributed by atoms with Crippen molar-refractivity contribution in [3.05, 3.63) is 35.1 Å². The first-order valence-corrected chi connectivity index (χ1v) is 6.22. The number of rotatable bonds is 4. The van der Waals surface area contributed by atoms with Gasteiger partial charge in [0.2, 0.25) is 0 Å². The molecule has 1 aliphatic rings. The van der Waals surface area contributed by atoms with E-state index in [1.54, 1.807) is 6.07 Å². The third-order valence-electron chi connectivity index (χ3n) is 3.75. The third kappa shape index (κ3) is 2.85. The maximum atomic E-state index is 13.0. The Balaban J connectivity index is 2.00. The molecule has 0 spiro atoms. The van der Waals surface area contributed by atoms with Crippen LogP contribution < -0.4 is 0 Å². The largest absolute Gasteiger partial charge is 0.387 e. The summed E-state index contributed by atoms with van der Waals surface area (Å²) in [7, 11) is 2.05. The number of likely N-dealkylation sites (N-methyl/N-ethyl adjacent to an activating group) is 1. The Morgan fingerprint density at radius 2 is 2.18 bits per heavy atom. The van der Waals surface area contributed by atoms with Crippen molar-refractivity contribution in [2.45, 2.75) is 38.3 Å². The number of hydrogen-bond donors (Lipinski definition) is 1. The van der Waals surface area contributed by atoms with E-state index in [4.69, 9.17) is 0 Å². The lowest BCUT2D eigenvalue weighted by molar-refractivity contribution is 0.0773. The van der Waals surface area contributed by atoms with Crippen LogP contribution in [0.15, 0.2) is 18.2 Å². The van der Waals surface area contributed by atoms with Gasteiger partial charge in [-0.3, -0.25) is 0 Å². The molecule has 1 fully saturated rings.